The number of hydrogen-bond donors (Lipinski definition) is 2. The fourth-order valence-corrected chi connectivity index (χ4v) is 3.93. The number of aliphatic hydroxyl groups excluding tert-OH is 1. The second-order valence-corrected chi connectivity index (χ2v) is 6.56. The lowest BCUT2D eigenvalue weighted by Gasteiger charge is -2.27. The Labute approximate surface area is 113 Å². The van der Waals surface area contributed by atoms with Gasteiger partial charge in [-0.1, -0.05) is 0 Å². The van der Waals surface area contributed by atoms with Gasteiger partial charge < -0.3 is 10.4 Å². The molecule has 3 heteroatoms. The quantitative estimate of drug-likeness (QED) is 0.857. The zero-order chi connectivity index (χ0) is 12.4. The van der Waals surface area contributed by atoms with E-state index in [0.717, 1.165) is 25.7 Å². The molecule has 18 heavy (non-hydrogen) atoms. The van der Waals surface area contributed by atoms with Crippen LogP contribution in [0.4, 0.5) is 5.69 Å². The lowest BCUT2D eigenvalue weighted by Crippen LogP contribution is -2.28. The predicted molar refractivity (Wildman–Crippen MR) is 77.4 cm³/mol. The molecule has 1 saturated carbocycles. The molecule has 1 aliphatic heterocycles. The molecule has 1 heterocycles. The van der Waals surface area contributed by atoms with Crippen LogP contribution in [0.5, 0.6) is 0 Å². The minimum Gasteiger partial charge on any atom is -0.393 e. The van der Waals surface area contributed by atoms with Crippen molar-refractivity contribution in [2.75, 3.05) is 11.1 Å². The van der Waals surface area contributed by atoms with Gasteiger partial charge in [-0.2, -0.15) is 0 Å². The van der Waals surface area contributed by atoms with Gasteiger partial charge in [0.2, 0.25) is 0 Å². The molecule has 1 aromatic rings. The zero-order valence-electron chi connectivity index (χ0n) is 10.7. The summed E-state index contributed by atoms with van der Waals surface area (Å²) in [5.74, 6) is 1.26. The Morgan fingerprint density at radius 1 is 1.17 bits per heavy atom. The summed E-state index contributed by atoms with van der Waals surface area (Å²) < 4.78 is 0. The molecule has 0 unspecified atom stereocenters. The summed E-state index contributed by atoms with van der Waals surface area (Å²) in [6, 6.07) is 7.34. The zero-order valence-corrected chi connectivity index (χ0v) is 11.5. The summed E-state index contributed by atoms with van der Waals surface area (Å²) in [5, 5.41) is 13.2. The maximum atomic E-state index is 9.52. The normalized spacial score (nSPS) is 27.6. The van der Waals surface area contributed by atoms with Crippen LogP contribution in [0, 0.1) is 0 Å². The molecular formula is C15H21NOS. The molecule has 98 valence electrons. The van der Waals surface area contributed by atoms with Crippen molar-refractivity contribution in [1.29, 1.82) is 0 Å². The van der Waals surface area contributed by atoms with Crippen molar-refractivity contribution >= 4 is 17.4 Å². The SMILES string of the molecule is OC1CCC(Nc2ccc3c(c2)CCCS3)CC1. The average Bonchev–Trinajstić information content (AvgIpc) is 2.41. The van der Waals surface area contributed by atoms with Gasteiger partial charge >= 0.3 is 0 Å². The number of nitrogens with one attached hydrogen (secondary N) is 1. The van der Waals surface area contributed by atoms with Gasteiger partial charge in [-0.05, 0) is 68.0 Å². The lowest BCUT2D eigenvalue weighted by atomic mass is 9.93. The molecule has 0 radical (unpaired) electrons. The highest BCUT2D eigenvalue weighted by Crippen LogP contribution is 2.32. The Balaban J connectivity index is 1.66. The van der Waals surface area contributed by atoms with Crippen molar-refractivity contribution < 1.29 is 5.11 Å². The van der Waals surface area contributed by atoms with Crippen LogP contribution in [-0.4, -0.2) is 23.0 Å². The maximum absolute atomic E-state index is 9.52. The smallest absolute Gasteiger partial charge is 0.0541 e. The summed E-state index contributed by atoms with van der Waals surface area (Å²) in [7, 11) is 0. The molecule has 1 aliphatic carbocycles. The molecule has 2 aliphatic rings. The third-order valence-electron chi connectivity index (χ3n) is 3.98. The molecule has 1 aromatic carbocycles. The van der Waals surface area contributed by atoms with Crippen LogP contribution >= 0.6 is 11.8 Å². The molecular weight excluding hydrogens is 242 g/mol. The first-order valence-electron chi connectivity index (χ1n) is 7.01. The van der Waals surface area contributed by atoms with Gasteiger partial charge in [0.15, 0.2) is 0 Å². The van der Waals surface area contributed by atoms with Gasteiger partial charge in [0.1, 0.15) is 0 Å². The Hall–Kier alpha value is -0.670. The van der Waals surface area contributed by atoms with Crippen LogP contribution in [0.15, 0.2) is 23.1 Å². The first-order chi connectivity index (χ1) is 8.81. The minimum absolute atomic E-state index is 0.0667. The van der Waals surface area contributed by atoms with Gasteiger partial charge in [-0.25, -0.2) is 0 Å². The van der Waals surface area contributed by atoms with Crippen molar-refractivity contribution in [3.05, 3.63) is 23.8 Å². The second-order valence-electron chi connectivity index (χ2n) is 5.42. The van der Waals surface area contributed by atoms with Gasteiger partial charge in [0, 0.05) is 16.6 Å². The fourth-order valence-electron chi connectivity index (χ4n) is 2.91. The Morgan fingerprint density at radius 2 is 2.00 bits per heavy atom. The monoisotopic (exact) mass is 263 g/mol. The van der Waals surface area contributed by atoms with Crippen LogP contribution in [0.2, 0.25) is 0 Å². The highest BCUT2D eigenvalue weighted by atomic mass is 32.2. The number of aliphatic hydroxyl groups is 1. The fraction of sp³-hybridized carbons (Fsp3) is 0.600. The summed E-state index contributed by atoms with van der Waals surface area (Å²) in [4.78, 5) is 1.46. The highest BCUT2D eigenvalue weighted by Gasteiger charge is 2.19. The lowest BCUT2D eigenvalue weighted by molar-refractivity contribution is 0.126. The summed E-state index contributed by atoms with van der Waals surface area (Å²) >= 11 is 1.98. The van der Waals surface area contributed by atoms with Crippen molar-refractivity contribution in [1.82, 2.24) is 0 Å². The number of hydrogen-bond acceptors (Lipinski definition) is 3. The van der Waals surface area contributed by atoms with Crippen LogP contribution in [0.25, 0.3) is 0 Å². The summed E-state index contributed by atoms with van der Waals surface area (Å²) in [6.45, 7) is 0. The van der Waals surface area contributed by atoms with Crippen LogP contribution < -0.4 is 5.32 Å². The highest BCUT2D eigenvalue weighted by molar-refractivity contribution is 7.99. The molecule has 3 rings (SSSR count). The number of anilines is 1. The molecule has 2 nitrogen and oxygen atoms in total. The van der Waals surface area contributed by atoms with E-state index in [2.05, 4.69) is 23.5 Å². The first kappa shape index (κ1) is 12.4. The maximum Gasteiger partial charge on any atom is 0.0541 e. The largest absolute Gasteiger partial charge is 0.393 e. The molecule has 0 amide bonds. The van der Waals surface area contributed by atoms with Crippen LogP contribution in [0.3, 0.4) is 0 Å². The number of rotatable bonds is 2. The topological polar surface area (TPSA) is 32.3 Å². The summed E-state index contributed by atoms with van der Waals surface area (Å²) in [6.07, 6.45) is 6.53. The van der Waals surface area contributed by atoms with Crippen molar-refractivity contribution in [3.63, 3.8) is 0 Å². The molecule has 2 N–H and O–H groups in total. The average molecular weight is 263 g/mol. The van der Waals surface area contributed by atoms with Crippen molar-refractivity contribution in [3.8, 4) is 0 Å². The molecule has 0 spiro atoms. The van der Waals surface area contributed by atoms with Gasteiger partial charge in [-0.15, -0.1) is 11.8 Å². The van der Waals surface area contributed by atoms with E-state index in [0.29, 0.717) is 6.04 Å². The van der Waals surface area contributed by atoms with E-state index in [1.165, 1.54) is 34.7 Å². The Bertz CT molecular complexity index is 413. The van der Waals surface area contributed by atoms with E-state index in [1.54, 1.807) is 0 Å². The molecule has 1 fully saturated rings. The van der Waals surface area contributed by atoms with E-state index in [9.17, 15) is 5.11 Å². The molecule has 0 aromatic heterocycles. The molecule has 0 bridgehead atoms. The number of fused-ring (bicyclic) bond motifs is 1. The predicted octanol–water partition coefficient (Wildman–Crippen LogP) is 3.44. The first-order valence-corrected chi connectivity index (χ1v) is 8.00. The summed E-state index contributed by atoms with van der Waals surface area (Å²) in [5.41, 5.74) is 2.77. The van der Waals surface area contributed by atoms with Gasteiger partial charge in [0.05, 0.1) is 6.10 Å². The third-order valence-corrected chi connectivity index (χ3v) is 5.18. The van der Waals surface area contributed by atoms with Gasteiger partial charge in [0.25, 0.3) is 0 Å². The number of benzene rings is 1. The van der Waals surface area contributed by atoms with E-state index in [1.807, 2.05) is 11.8 Å². The number of aryl methyl sites for hydroxylation is 1. The molecule has 0 atom stereocenters. The van der Waals surface area contributed by atoms with E-state index in [-0.39, 0.29) is 6.10 Å². The van der Waals surface area contributed by atoms with E-state index >= 15 is 0 Å². The van der Waals surface area contributed by atoms with Crippen molar-refractivity contribution in [2.24, 2.45) is 0 Å². The molecule has 0 saturated heterocycles. The Kier molecular flexibility index (Phi) is 3.80. The number of thioether (sulfide) groups is 1. The van der Waals surface area contributed by atoms with E-state index in [4.69, 9.17) is 0 Å². The Morgan fingerprint density at radius 3 is 2.83 bits per heavy atom. The van der Waals surface area contributed by atoms with Crippen LogP contribution in [-0.2, 0) is 6.42 Å². The van der Waals surface area contributed by atoms with Crippen molar-refractivity contribution in [2.45, 2.75) is 55.6 Å². The van der Waals surface area contributed by atoms with E-state index < -0.39 is 0 Å². The third kappa shape index (κ3) is 2.83. The second kappa shape index (κ2) is 5.54. The minimum atomic E-state index is -0.0667. The standard InChI is InChI=1S/C15H21NOS/c17-14-6-3-12(4-7-14)16-13-5-8-15-11(10-13)2-1-9-18-15/h5,8,10,12,14,16-17H,1-4,6-7,9H2. The van der Waals surface area contributed by atoms with Crippen LogP contribution in [0.1, 0.15) is 37.7 Å². The van der Waals surface area contributed by atoms with Gasteiger partial charge in [-0.3, -0.25) is 0 Å².